The monoisotopic (exact) mass is 181 g/mol. The van der Waals surface area contributed by atoms with Gasteiger partial charge in [-0.2, -0.15) is 0 Å². The maximum Gasteiger partial charge on any atom is 0.0434 e. The topological polar surface area (TPSA) is 46.2 Å². The largest absolute Gasteiger partial charge is 0.396 e. The van der Waals surface area contributed by atoms with Crippen LogP contribution in [0, 0.1) is 0 Å². The van der Waals surface area contributed by atoms with Crippen LogP contribution in [0.15, 0.2) is 36.0 Å². The van der Waals surface area contributed by atoms with Crippen molar-refractivity contribution >= 4 is 0 Å². The fraction of sp³-hybridized carbons (Fsp3) is 0.455. The molecule has 0 rings (SSSR count). The summed E-state index contributed by atoms with van der Waals surface area (Å²) >= 11 is 0. The molecular formula is C11H19NO. The highest BCUT2D eigenvalue weighted by molar-refractivity contribution is 5.29. The van der Waals surface area contributed by atoms with Crippen LogP contribution in [0.25, 0.3) is 0 Å². The molecule has 0 spiro atoms. The number of aliphatic hydroxyl groups is 1. The zero-order chi connectivity index (χ0) is 10.1. The third-order valence-electron chi connectivity index (χ3n) is 1.86. The highest BCUT2D eigenvalue weighted by Crippen LogP contribution is 2.09. The number of hydrogen-bond donors (Lipinski definition) is 2. The molecule has 0 aliphatic rings. The predicted molar refractivity (Wildman–Crippen MR) is 57.4 cm³/mol. The van der Waals surface area contributed by atoms with Crippen molar-refractivity contribution < 1.29 is 5.11 Å². The molecule has 0 heterocycles. The van der Waals surface area contributed by atoms with Crippen LogP contribution in [0.5, 0.6) is 0 Å². The van der Waals surface area contributed by atoms with Gasteiger partial charge in [-0.25, -0.2) is 0 Å². The second-order valence-corrected chi connectivity index (χ2v) is 2.82. The molecule has 0 aliphatic carbocycles. The summed E-state index contributed by atoms with van der Waals surface area (Å²) in [4.78, 5) is 0. The van der Waals surface area contributed by atoms with Crippen molar-refractivity contribution in [3.8, 4) is 0 Å². The molecule has 2 nitrogen and oxygen atoms in total. The zero-order valence-electron chi connectivity index (χ0n) is 8.29. The Morgan fingerprint density at radius 3 is 2.54 bits per heavy atom. The first-order valence-electron chi connectivity index (χ1n) is 4.57. The van der Waals surface area contributed by atoms with Gasteiger partial charge in [-0.1, -0.05) is 30.4 Å². The van der Waals surface area contributed by atoms with Gasteiger partial charge in [-0.3, -0.25) is 0 Å². The molecule has 0 aliphatic heterocycles. The number of allylic oxidation sites excluding steroid dienone is 3. The lowest BCUT2D eigenvalue weighted by Crippen LogP contribution is -2.01. The van der Waals surface area contributed by atoms with Gasteiger partial charge in [-0.15, -0.1) is 0 Å². The van der Waals surface area contributed by atoms with E-state index in [9.17, 15) is 0 Å². The van der Waals surface area contributed by atoms with Crippen LogP contribution in [0.3, 0.4) is 0 Å². The third kappa shape index (κ3) is 5.39. The smallest absolute Gasteiger partial charge is 0.0434 e. The van der Waals surface area contributed by atoms with E-state index in [1.165, 1.54) is 5.57 Å². The van der Waals surface area contributed by atoms with Crippen LogP contribution in [-0.2, 0) is 0 Å². The van der Waals surface area contributed by atoms with Gasteiger partial charge in [-0.05, 0) is 25.3 Å². The van der Waals surface area contributed by atoms with E-state index >= 15 is 0 Å². The van der Waals surface area contributed by atoms with Gasteiger partial charge in [0.2, 0.25) is 0 Å². The Hall–Kier alpha value is -0.860. The number of rotatable bonds is 6. The normalized spacial score (nSPS) is 13.2. The molecule has 0 aromatic rings. The summed E-state index contributed by atoms with van der Waals surface area (Å²) in [5.74, 6) is 0. The van der Waals surface area contributed by atoms with E-state index in [0.717, 1.165) is 18.4 Å². The molecule has 74 valence electrons. The van der Waals surface area contributed by atoms with Crippen LogP contribution in [-0.4, -0.2) is 18.3 Å². The van der Waals surface area contributed by atoms with Crippen LogP contribution >= 0.6 is 0 Å². The minimum Gasteiger partial charge on any atom is -0.396 e. The molecule has 0 radical (unpaired) electrons. The average Bonchev–Trinajstić information content (AvgIpc) is 2.19. The van der Waals surface area contributed by atoms with Crippen molar-refractivity contribution in [2.24, 2.45) is 5.73 Å². The SMILES string of the molecule is C=C/C(=C\C(=C/C)CCCO)CN. The van der Waals surface area contributed by atoms with Crippen LogP contribution in [0.2, 0.25) is 0 Å². The van der Waals surface area contributed by atoms with Crippen molar-refractivity contribution in [1.29, 1.82) is 0 Å². The number of nitrogens with two attached hydrogens (primary N) is 1. The van der Waals surface area contributed by atoms with Gasteiger partial charge in [0, 0.05) is 13.2 Å². The van der Waals surface area contributed by atoms with E-state index in [1.807, 2.05) is 19.1 Å². The molecule has 0 atom stereocenters. The van der Waals surface area contributed by atoms with Gasteiger partial charge >= 0.3 is 0 Å². The van der Waals surface area contributed by atoms with Gasteiger partial charge in [0.1, 0.15) is 0 Å². The Morgan fingerprint density at radius 1 is 1.46 bits per heavy atom. The van der Waals surface area contributed by atoms with Crippen molar-refractivity contribution in [2.45, 2.75) is 19.8 Å². The second kappa shape index (κ2) is 7.77. The van der Waals surface area contributed by atoms with Crippen molar-refractivity contribution in [3.63, 3.8) is 0 Å². The molecule has 0 fully saturated rings. The van der Waals surface area contributed by atoms with E-state index < -0.39 is 0 Å². The molecule has 0 aromatic heterocycles. The molecule has 0 unspecified atom stereocenters. The first-order valence-corrected chi connectivity index (χ1v) is 4.57. The molecular weight excluding hydrogens is 162 g/mol. The van der Waals surface area contributed by atoms with E-state index in [4.69, 9.17) is 10.8 Å². The Labute approximate surface area is 80.5 Å². The van der Waals surface area contributed by atoms with Crippen molar-refractivity contribution in [3.05, 3.63) is 36.0 Å². The molecule has 0 aromatic carbocycles. The molecule has 13 heavy (non-hydrogen) atoms. The van der Waals surface area contributed by atoms with Crippen molar-refractivity contribution in [1.82, 2.24) is 0 Å². The lowest BCUT2D eigenvalue weighted by molar-refractivity contribution is 0.289. The summed E-state index contributed by atoms with van der Waals surface area (Å²) in [6.07, 6.45) is 7.52. The third-order valence-corrected chi connectivity index (χ3v) is 1.86. The number of aliphatic hydroxyl groups excluding tert-OH is 1. The standard InChI is InChI=1S/C11H19NO/c1-3-10(6-5-7-13)8-11(4-2)9-12/h3-4,8,13H,2,5-7,9,12H2,1H3/b10-3-,11-8+. The van der Waals surface area contributed by atoms with Gasteiger partial charge in [0.25, 0.3) is 0 Å². The van der Waals surface area contributed by atoms with E-state index in [2.05, 4.69) is 6.58 Å². The van der Waals surface area contributed by atoms with E-state index in [-0.39, 0.29) is 6.61 Å². The minimum absolute atomic E-state index is 0.233. The fourth-order valence-electron chi connectivity index (χ4n) is 1.02. The molecule has 2 heteroatoms. The highest BCUT2D eigenvalue weighted by Gasteiger charge is 1.93. The van der Waals surface area contributed by atoms with Crippen LogP contribution in [0.4, 0.5) is 0 Å². The molecule has 0 bridgehead atoms. The average molecular weight is 181 g/mol. The number of hydrogen-bond acceptors (Lipinski definition) is 2. The summed E-state index contributed by atoms with van der Waals surface area (Å²) in [6.45, 7) is 6.41. The summed E-state index contributed by atoms with van der Waals surface area (Å²) in [6, 6.07) is 0. The van der Waals surface area contributed by atoms with Gasteiger partial charge < -0.3 is 10.8 Å². The first kappa shape index (κ1) is 12.1. The fourth-order valence-corrected chi connectivity index (χ4v) is 1.02. The summed E-state index contributed by atoms with van der Waals surface area (Å²) < 4.78 is 0. The molecule has 0 saturated carbocycles. The summed E-state index contributed by atoms with van der Waals surface area (Å²) in [5, 5.41) is 8.67. The highest BCUT2D eigenvalue weighted by atomic mass is 16.2. The quantitative estimate of drug-likeness (QED) is 0.613. The van der Waals surface area contributed by atoms with Crippen LogP contribution in [0.1, 0.15) is 19.8 Å². The molecule has 0 saturated heterocycles. The van der Waals surface area contributed by atoms with Crippen LogP contribution < -0.4 is 5.73 Å². The second-order valence-electron chi connectivity index (χ2n) is 2.82. The predicted octanol–water partition coefficient (Wildman–Crippen LogP) is 1.78. The Morgan fingerprint density at radius 2 is 2.15 bits per heavy atom. The zero-order valence-corrected chi connectivity index (χ0v) is 8.29. The lowest BCUT2D eigenvalue weighted by Gasteiger charge is -2.02. The molecule has 0 amide bonds. The first-order chi connectivity index (χ1) is 6.28. The minimum atomic E-state index is 0.233. The Balaban J connectivity index is 4.25. The van der Waals surface area contributed by atoms with Gasteiger partial charge in [0.05, 0.1) is 0 Å². The summed E-state index contributed by atoms with van der Waals surface area (Å²) in [5.41, 5.74) is 7.74. The lowest BCUT2D eigenvalue weighted by atomic mass is 10.1. The molecule has 3 N–H and O–H groups in total. The Kier molecular flexibility index (Phi) is 7.26. The maximum absolute atomic E-state index is 8.67. The van der Waals surface area contributed by atoms with E-state index in [1.54, 1.807) is 6.08 Å². The maximum atomic E-state index is 8.67. The van der Waals surface area contributed by atoms with E-state index in [0.29, 0.717) is 6.54 Å². The Bertz CT molecular complexity index is 204. The van der Waals surface area contributed by atoms with Gasteiger partial charge in [0.15, 0.2) is 0 Å². The summed E-state index contributed by atoms with van der Waals surface area (Å²) in [7, 11) is 0. The van der Waals surface area contributed by atoms with Crippen molar-refractivity contribution in [2.75, 3.05) is 13.2 Å².